The van der Waals surface area contributed by atoms with Crippen molar-refractivity contribution in [1.82, 2.24) is 9.29 Å². The van der Waals surface area contributed by atoms with Crippen LogP contribution in [0.2, 0.25) is 0 Å². The van der Waals surface area contributed by atoms with E-state index >= 15 is 0 Å². The fourth-order valence-electron chi connectivity index (χ4n) is 2.91. The summed E-state index contributed by atoms with van der Waals surface area (Å²) in [5, 5.41) is 0. The van der Waals surface area contributed by atoms with Crippen LogP contribution in [0.1, 0.15) is 10.4 Å². The molecular weight excluding hydrogens is 386 g/mol. The number of hydrogen-bond donors (Lipinski definition) is 0. The van der Waals surface area contributed by atoms with Gasteiger partial charge < -0.3 is 14.4 Å². The Bertz CT molecular complexity index is 994. The highest BCUT2D eigenvalue weighted by molar-refractivity contribution is 7.89. The number of amides is 1. The summed E-state index contributed by atoms with van der Waals surface area (Å²) in [4.78, 5) is 29.6. The van der Waals surface area contributed by atoms with Crippen LogP contribution in [0.25, 0.3) is 0 Å². The van der Waals surface area contributed by atoms with Crippen LogP contribution in [0.15, 0.2) is 47.6 Å². The number of carbonyl (C=O) groups excluding carboxylic acids is 2. The molecule has 1 aliphatic rings. The third-order valence-electron chi connectivity index (χ3n) is 4.35. The highest BCUT2D eigenvalue weighted by Crippen LogP contribution is 2.29. The Morgan fingerprint density at radius 3 is 2.57 bits per heavy atom. The van der Waals surface area contributed by atoms with Gasteiger partial charge in [-0.05, 0) is 30.3 Å². The van der Waals surface area contributed by atoms with E-state index in [2.05, 4.69) is 9.72 Å². The van der Waals surface area contributed by atoms with Gasteiger partial charge in [-0.15, -0.1) is 0 Å². The molecule has 1 aromatic heterocycles. The first-order valence-electron chi connectivity index (χ1n) is 8.35. The number of hydrogen-bond acceptors (Lipinski definition) is 7. The lowest BCUT2D eigenvalue weighted by Crippen LogP contribution is -2.52. The second-order valence-electron chi connectivity index (χ2n) is 5.95. The number of ether oxygens (including phenoxy) is 2. The fraction of sp³-hybridized carbons (Fsp3) is 0.278. The Balaban J connectivity index is 1.90. The second-order valence-corrected chi connectivity index (χ2v) is 7.86. The summed E-state index contributed by atoms with van der Waals surface area (Å²) in [5.41, 5.74) is 0.678. The van der Waals surface area contributed by atoms with Crippen molar-refractivity contribution < 1.29 is 27.5 Å². The van der Waals surface area contributed by atoms with E-state index in [9.17, 15) is 18.0 Å². The monoisotopic (exact) mass is 405 g/mol. The first kappa shape index (κ1) is 19.8. The predicted octanol–water partition coefficient (Wildman–Crippen LogP) is 0.914. The first-order chi connectivity index (χ1) is 13.4. The zero-order valence-corrected chi connectivity index (χ0v) is 16.2. The highest BCUT2D eigenvalue weighted by atomic mass is 32.2. The average Bonchev–Trinajstić information content (AvgIpc) is 2.73. The van der Waals surface area contributed by atoms with Gasteiger partial charge in [0.25, 0.3) is 0 Å². The summed E-state index contributed by atoms with van der Waals surface area (Å²) in [6.45, 7) is -0.0554. The predicted molar refractivity (Wildman–Crippen MR) is 99.7 cm³/mol. The highest BCUT2D eigenvalue weighted by Gasteiger charge is 2.35. The third kappa shape index (κ3) is 3.69. The normalized spacial score (nSPS) is 15.4. The second kappa shape index (κ2) is 7.95. The van der Waals surface area contributed by atoms with Gasteiger partial charge in [0.05, 0.1) is 38.2 Å². The number of carbonyl (C=O) groups is 2. The Kier molecular flexibility index (Phi) is 5.61. The number of pyridine rings is 1. The molecule has 10 heteroatoms. The van der Waals surface area contributed by atoms with Crippen LogP contribution >= 0.6 is 0 Å². The van der Waals surface area contributed by atoms with Gasteiger partial charge in [-0.25, -0.2) is 13.2 Å². The molecule has 0 N–H and O–H groups in total. The number of esters is 1. The lowest BCUT2D eigenvalue weighted by Gasteiger charge is -2.33. The molecule has 2 aromatic rings. The molecule has 1 aromatic carbocycles. The zero-order chi connectivity index (χ0) is 20.3. The Morgan fingerprint density at radius 1 is 1.18 bits per heavy atom. The van der Waals surface area contributed by atoms with E-state index < -0.39 is 16.0 Å². The van der Waals surface area contributed by atoms with Crippen LogP contribution in [0, 0.1) is 0 Å². The molecule has 1 amide bonds. The number of anilines is 1. The fourth-order valence-corrected chi connectivity index (χ4v) is 4.47. The van der Waals surface area contributed by atoms with Crippen molar-refractivity contribution in [3.05, 3.63) is 48.3 Å². The summed E-state index contributed by atoms with van der Waals surface area (Å²) >= 11 is 0. The minimum Gasteiger partial charge on any atom is -0.495 e. The van der Waals surface area contributed by atoms with Crippen LogP contribution in [0.5, 0.6) is 5.75 Å². The van der Waals surface area contributed by atoms with Crippen molar-refractivity contribution in [2.75, 3.05) is 38.8 Å². The maximum atomic E-state index is 13.1. The minimum atomic E-state index is -4.07. The summed E-state index contributed by atoms with van der Waals surface area (Å²) in [6, 6.07) is 7.42. The maximum absolute atomic E-state index is 13.1. The standard InChI is InChI=1S/C18H19N3O6S/c1-26-15-6-5-13(18(23)27-2)10-16(15)28(24,25)20-8-9-21(17(22)12-20)14-4-3-7-19-11-14/h3-7,10-11H,8-9,12H2,1-2H3. The van der Waals surface area contributed by atoms with Gasteiger partial charge >= 0.3 is 5.97 Å². The molecule has 0 radical (unpaired) electrons. The summed E-state index contributed by atoms with van der Waals surface area (Å²) < 4.78 is 37.1. The molecule has 0 bridgehead atoms. The molecule has 1 fully saturated rings. The van der Waals surface area contributed by atoms with Crippen molar-refractivity contribution >= 4 is 27.6 Å². The lowest BCUT2D eigenvalue weighted by molar-refractivity contribution is -0.119. The molecule has 0 atom stereocenters. The average molecular weight is 405 g/mol. The van der Waals surface area contributed by atoms with Gasteiger partial charge in [-0.1, -0.05) is 0 Å². The van der Waals surface area contributed by atoms with Crippen LogP contribution in [0.4, 0.5) is 5.69 Å². The molecule has 1 saturated heterocycles. The van der Waals surface area contributed by atoms with Gasteiger partial charge in [0, 0.05) is 19.3 Å². The van der Waals surface area contributed by atoms with Crippen LogP contribution in [-0.4, -0.2) is 63.4 Å². The largest absolute Gasteiger partial charge is 0.495 e. The van der Waals surface area contributed by atoms with E-state index in [0.717, 1.165) is 4.31 Å². The van der Waals surface area contributed by atoms with Crippen LogP contribution in [-0.2, 0) is 19.6 Å². The Hall–Kier alpha value is -2.98. The van der Waals surface area contributed by atoms with E-state index in [0.29, 0.717) is 5.69 Å². The molecule has 2 heterocycles. The smallest absolute Gasteiger partial charge is 0.337 e. The number of aromatic nitrogens is 1. The minimum absolute atomic E-state index is 0.0715. The number of sulfonamides is 1. The maximum Gasteiger partial charge on any atom is 0.337 e. The van der Waals surface area contributed by atoms with Crippen molar-refractivity contribution in [1.29, 1.82) is 0 Å². The molecule has 148 valence electrons. The Morgan fingerprint density at radius 2 is 1.96 bits per heavy atom. The molecule has 1 aliphatic heterocycles. The van der Waals surface area contributed by atoms with Crippen molar-refractivity contribution in [3.63, 3.8) is 0 Å². The molecule has 0 spiro atoms. The molecule has 28 heavy (non-hydrogen) atoms. The number of benzene rings is 1. The van der Waals surface area contributed by atoms with Gasteiger partial charge in [0.15, 0.2) is 0 Å². The van der Waals surface area contributed by atoms with Gasteiger partial charge in [-0.2, -0.15) is 4.31 Å². The van der Waals surface area contributed by atoms with Crippen molar-refractivity contribution in [3.8, 4) is 5.75 Å². The lowest BCUT2D eigenvalue weighted by atomic mass is 10.2. The molecular formula is C18H19N3O6S. The van der Waals surface area contributed by atoms with Gasteiger partial charge in [-0.3, -0.25) is 9.78 Å². The molecule has 0 unspecified atom stereocenters. The summed E-state index contributed by atoms with van der Waals surface area (Å²) in [6.07, 6.45) is 3.14. The quantitative estimate of drug-likeness (QED) is 0.681. The summed E-state index contributed by atoms with van der Waals surface area (Å²) in [7, 11) is -1.53. The van der Waals surface area contributed by atoms with Crippen molar-refractivity contribution in [2.45, 2.75) is 4.90 Å². The summed E-state index contributed by atoms with van der Waals surface area (Å²) in [5.74, 6) is -0.961. The van der Waals surface area contributed by atoms with Crippen molar-refractivity contribution in [2.24, 2.45) is 0 Å². The molecule has 0 aliphatic carbocycles. The van der Waals surface area contributed by atoms with Gasteiger partial charge in [0.1, 0.15) is 10.6 Å². The molecule has 0 saturated carbocycles. The third-order valence-corrected chi connectivity index (χ3v) is 6.21. The molecule has 3 rings (SSSR count). The van der Waals surface area contributed by atoms with Crippen LogP contribution in [0.3, 0.4) is 0 Å². The molecule has 9 nitrogen and oxygen atoms in total. The Labute approximate surface area is 162 Å². The van der Waals surface area contributed by atoms with E-state index in [1.54, 1.807) is 24.5 Å². The first-order valence-corrected chi connectivity index (χ1v) is 9.79. The van der Waals surface area contributed by atoms with Gasteiger partial charge in [0.2, 0.25) is 15.9 Å². The number of rotatable bonds is 5. The zero-order valence-electron chi connectivity index (χ0n) is 15.4. The van der Waals surface area contributed by atoms with E-state index in [1.165, 1.54) is 37.3 Å². The number of nitrogens with zero attached hydrogens (tertiary/aromatic N) is 3. The SMILES string of the molecule is COC(=O)c1ccc(OC)c(S(=O)(=O)N2CCN(c3cccnc3)C(=O)C2)c1. The van der Waals surface area contributed by atoms with E-state index in [1.807, 2.05) is 0 Å². The topological polar surface area (TPSA) is 106 Å². The number of methoxy groups -OCH3 is 2. The van der Waals surface area contributed by atoms with E-state index in [4.69, 9.17) is 4.74 Å². The van der Waals surface area contributed by atoms with E-state index in [-0.39, 0.29) is 41.7 Å². The van der Waals surface area contributed by atoms with Crippen LogP contribution < -0.4 is 9.64 Å². The number of piperazine rings is 1.